The number of hydrogen-bond donors (Lipinski definition) is 1. The lowest BCUT2D eigenvalue weighted by Gasteiger charge is -2.25. The molecule has 0 atom stereocenters. The number of likely N-dealkylation sites (N-methyl/N-ethyl adjacent to an activating group) is 1. The van der Waals surface area contributed by atoms with Gasteiger partial charge in [0.05, 0.1) is 17.7 Å². The molecule has 0 saturated heterocycles. The minimum Gasteiger partial charge on any atom is -0.389 e. The molecule has 0 aliphatic heterocycles. The van der Waals surface area contributed by atoms with Crippen LogP contribution < -0.4 is 0 Å². The van der Waals surface area contributed by atoms with Crippen molar-refractivity contribution in [2.45, 2.75) is 25.9 Å². The van der Waals surface area contributed by atoms with E-state index in [1.807, 2.05) is 22.2 Å². The maximum atomic E-state index is 12.0. The van der Waals surface area contributed by atoms with Gasteiger partial charge in [0.1, 0.15) is 0 Å². The Kier molecular flexibility index (Phi) is 3.41. The van der Waals surface area contributed by atoms with Crippen molar-refractivity contribution in [1.29, 1.82) is 0 Å². The van der Waals surface area contributed by atoms with Crippen molar-refractivity contribution in [2.75, 3.05) is 13.6 Å². The number of hydrogen-bond acceptors (Lipinski definition) is 4. The number of nitrogens with zero attached hydrogens (tertiary/aromatic N) is 3. The molecule has 2 heterocycles. The second-order valence-corrected chi connectivity index (χ2v) is 5.94. The van der Waals surface area contributed by atoms with Crippen LogP contribution in [0.3, 0.4) is 0 Å². The minimum atomic E-state index is -0.876. The molecule has 0 aliphatic rings. The minimum absolute atomic E-state index is 0.0390. The highest BCUT2D eigenvalue weighted by Gasteiger charge is 2.20. The second-order valence-electron chi connectivity index (χ2n) is 5.06. The van der Waals surface area contributed by atoms with Crippen LogP contribution in [0.4, 0.5) is 0 Å². The lowest BCUT2D eigenvalue weighted by molar-refractivity contribution is -0.131. The smallest absolute Gasteiger partial charge is 0.228 e. The van der Waals surface area contributed by atoms with Crippen LogP contribution in [0.2, 0.25) is 0 Å². The molecule has 0 aliphatic carbocycles. The van der Waals surface area contributed by atoms with Gasteiger partial charge in [-0.25, -0.2) is 4.98 Å². The summed E-state index contributed by atoms with van der Waals surface area (Å²) in [6.45, 7) is 3.68. The van der Waals surface area contributed by atoms with Crippen LogP contribution in [-0.2, 0) is 11.2 Å². The van der Waals surface area contributed by atoms with Gasteiger partial charge in [0, 0.05) is 31.4 Å². The Bertz CT molecular complexity index is 524. The molecule has 1 N–H and O–H groups in total. The summed E-state index contributed by atoms with van der Waals surface area (Å²) in [5.74, 6) is -0.0390. The summed E-state index contributed by atoms with van der Waals surface area (Å²) >= 11 is 1.54. The van der Waals surface area contributed by atoms with Crippen LogP contribution in [0.25, 0.3) is 4.96 Å². The van der Waals surface area contributed by atoms with E-state index in [0.29, 0.717) is 6.54 Å². The van der Waals surface area contributed by atoms with Crippen LogP contribution in [0, 0.1) is 0 Å². The highest BCUT2D eigenvalue weighted by atomic mass is 32.1. The molecule has 0 fully saturated rings. The number of rotatable bonds is 4. The Labute approximate surface area is 110 Å². The van der Waals surface area contributed by atoms with Crippen LogP contribution in [0.15, 0.2) is 17.8 Å². The summed E-state index contributed by atoms with van der Waals surface area (Å²) < 4.78 is 1.91. The van der Waals surface area contributed by atoms with Crippen molar-refractivity contribution in [3.05, 3.63) is 23.5 Å². The molecular formula is C12H17N3O2S. The van der Waals surface area contributed by atoms with Crippen LogP contribution in [-0.4, -0.2) is 44.5 Å². The van der Waals surface area contributed by atoms with Gasteiger partial charge in [-0.3, -0.25) is 9.20 Å². The summed E-state index contributed by atoms with van der Waals surface area (Å²) in [4.78, 5) is 18.7. The Morgan fingerprint density at radius 2 is 2.33 bits per heavy atom. The molecule has 0 aromatic carbocycles. The third-order valence-corrected chi connectivity index (χ3v) is 3.30. The second kappa shape index (κ2) is 4.70. The van der Waals surface area contributed by atoms with E-state index in [2.05, 4.69) is 4.98 Å². The van der Waals surface area contributed by atoms with E-state index >= 15 is 0 Å². The molecule has 6 heteroatoms. The molecule has 0 spiro atoms. The zero-order valence-corrected chi connectivity index (χ0v) is 11.6. The Balaban J connectivity index is 2.01. The number of fused-ring (bicyclic) bond motifs is 1. The number of aromatic nitrogens is 2. The van der Waals surface area contributed by atoms with Gasteiger partial charge in [0.2, 0.25) is 5.91 Å². The summed E-state index contributed by atoms with van der Waals surface area (Å²) in [6.07, 6.45) is 4.05. The zero-order chi connectivity index (χ0) is 13.3. The fraction of sp³-hybridized carbons (Fsp3) is 0.500. The lowest BCUT2D eigenvalue weighted by Crippen LogP contribution is -2.40. The molecule has 0 radical (unpaired) electrons. The fourth-order valence-electron chi connectivity index (χ4n) is 1.82. The normalized spacial score (nSPS) is 12.0. The first kappa shape index (κ1) is 13.0. The molecule has 0 bridgehead atoms. The number of carbonyl (C=O) groups is 1. The van der Waals surface area contributed by atoms with Gasteiger partial charge < -0.3 is 10.0 Å². The first-order valence-corrected chi connectivity index (χ1v) is 6.60. The van der Waals surface area contributed by atoms with Gasteiger partial charge >= 0.3 is 0 Å². The average Bonchev–Trinajstić information content (AvgIpc) is 2.74. The van der Waals surface area contributed by atoms with Crippen molar-refractivity contribution < 1.29 is 9.90 Å². The van der Waals surface area contributed by atoms with Gasteiger partial charge in [-0.15, -0.1) is 11.3 Å². The molecule has 18 heavy (non-hydrogen) atoms. The van der Waals surface area contributed by atoms with Crippen molar-refractivity contribution in [1.82, 2.24) is 14.3 Å². The summed E-state index contributed by atoms with van der Waals surface area (Å²) in [7, 11) is 1.69. The molecule has 2 aromatic heterocycles. The molecule has 1 amide bonds. The summed E-state index contributed by atoms with van der Waals surface area (Å²) in [5, 5.41) is 11.6. The number of carbonyl (C=O) groups excluding carboxylic acids is 1. The van der Waals surface area contributed by atoms with E-state index in [4.69, 9.17) is 0 Å². The SMILES string of the molecule is CN(CC(C)(C)O)C(=O)Cc1cn2ccsc2n1. The summed E-state index contributed by atoms with van der Waals surface area (Å²) in [5.41, 5.74) is -0.117. The van der Waals surface area contributed by atoms with E-state index in [-0.39, 0.29) is 12.3 Å². The number of amides is 1. The number of thiazole rings is 1. The Hall–Kier alpha value is -1.40. The standard InChI is InChI=1S/C12H17N3O2S/c1-12(2,17)8-14(3)10(16)6-9-7-15-4-5-18-11(15)13-9/h4-5,7,17H,6,8H2,1-3H3. The molecule has 0 saturated carbocycles. The molecular weight excluding hydrogens is 250 g/mol. The summed E-state index contributed by atoms with van der Waals surface area (Å²) in [6, 6.07) is 0. The third kappa shape index (κ3) is 3.08. The largest absolute Gasteiger partial charge is 0.389 e. The van der Waals surface area contributed by atoms with E-state index in [9.17, 15) is 9.90 Å². The van der Waals surface area contributed by atoms with Gasteiger partial charge in [-0.2, -0.15) is 0 Å². The molecule has 2 aromatic rings. The first-order valence-electron chi connectivity index (χ1n) is 5.72. The van der Waals surface area contributed by atoms with Crippen molar-refractivity contribution in [2.24, 2.45) is 0 Å². The maximum Gasteiger partial charge on any atom is 0.228 e. The topological polar surface area (TPSA) is 57.8 Å². The molecule has 0 unspecified atom stereocenters. The number of imidazole rings is 1. The predicted octanol–water partition coefficient (Wildman–Crippen LogP) is 1.17. The van der Waals surface area contributed by atoms with E-state index < -0.39 is 5.60 Å². The van der Waals surface area contributed by atoms with Crippen molar-refractivity contribution >= 4 is 22.2 Å². The monoisotopic (exact) mass is 267 g/mol. The highest BCUT2D eigenvalue weighted by molar-refractivity contribution is 7.15. The molecule has 98 valence electrons. The van der Waals surface area contributed by atoms with E-state index in [0.717, 1.165) is 10.7 Å². The Morgan fingerprint density at radius 3 is 2.94 bits per heavy atom. The number of aliphatic hydroxyl groups is 1. The van der Waals surface area contributed by atoms with Gasteiger partial charge in [-0.05, 0) is 13.8 Å². The lowest BCUT2D eigenvalue weighted by atomic mass is 10.1. The van der Waals surface area contributed by atoms with Gasteiger partial charge in [-0.1, -0.05) is 0 Å². The maximum absolute atomic E-state index is 12.0. The van der Waals surface area contributed by atoms with Crippen molar-refractivity contribution in [3.8, 4) is 0 Å². The quantitative estimate of drug-likeness (QED) is 0.904. The zero-order valence-electron chi connectivity index (χ0n) is 10.8. The van der Waals surface area contributed by atoms with E-state index in [1.54, 1.807) is 32.2 Å². The predicted molar refractivity (Wildman–Crippen MR) is 70.7 cm³/mol. The van der Waals surface area contributed by atoms with E-state index in [1.165, 1.54) is 4.90 Å². The van der Waals surface area contributed by atoms with Crippen LogP contribution in [0.1, 0.15) is 19.5 Å². The fourth-order valence-corrected chi connectivity index (χ4v) is 2.54. The van der Waals surface area contributed by atoms with Gasteiger partial charge in [0.15, 0.2) is 4.96 Å². The van der Waals surface area contributed by atoms with Crippen molar-refractivity contribution in [3.63, 3.8) is 0 Å². The molecule has 2 rings (SSSR count). The Morgan fingerprint density at radius 1 is 1.61 bits per heavy atom. The average molecular weight is 267 g/mol. The third-order valence-electron chi connectivity index (χ3n) is 2.53. The van der Waals surface area contributed by atoms with Gasteiger partial charge in [0.25, 0.3) is 0 Å². The van der Waals surface area contributed by atoms with Crippen LogP contribution in [0.5, 0.6) is 0 Å². The van der Waals surface area contributed by atoms with Crippen LogP contribution >= 0.6 is 11.3 Å². The first-order chi connectivity index (χ1) is 8.35. The highest BCUT2D eigenvalue weighted by Crippen LogP contribution is 2.12. The molecule has 5 nitrogen and oxygen atoms in total.